The van der Waals surface area contributed by atoms with E-state index < -0.39 is 0 Å². The van der Waals surface area contributed by atoms with E-state index in [1.807, 2.05) is 25.3 Å². The van der Waals surface area contributed by atoms with Crippen LogP contribution in [0.4, 0.5) is 4.39 Å². The Morgan fingerprint density at radius 1 is 1.41 bits per heavy atom. The topological polar surface area (TPSA) is 43.2 Å². The largest absolute Gasteiger partial charge is 0.371 e. The maximum absolute atomic E-state index is 13.4. The SMILES string of the molecule is CCn1ncc(CN2CCOC(c3ccc(F)c(C)c3)C2)n1. The second kappa shape index (κ2) is 6.54. The van der Waals surface area contributed by atoms with Gasteiger partial charge in [-0.25, -0.2) is 4.39 Å². The Hall–Kier alpha value is -1.79. The molecule has 1 unspecified atom stereocenters. The van der Waals surface area contributed by atoms with E-state index in [4.69, 9.17) is 4.74 Å². The normalized spacial score (nSPS) is 19.5. The fourth-order valence-electron chi connectivity index (χ4n) is 2.70. The van der Waals surface area contributed by atoms with Gasteiger partial charge < -0.3 is 4.74 Å². The Balaban J connectivity index is 1.67. The van der Waals surface area contributed by atoms with E-state index in [0.29, 0.717) is 12.2 Å². The van der Waals surface area contributed by atoms with E-state index in [-0.39, 0.29) is 11.9 Å². The number of halogens is 1. The molecular weight excluding hydrogens is 283 g/mol. The van der Waals surface area contributed by atoms with Crippen molar-refractivity contribution in [1.82, 2.24) is 19.9 Å². The van der Waals surface area contributed by atoms with Crippen LogP contribution in [0.15, 0.2) is 24.4 Å². The molecule has 1 aromatic heterocycles. The highest BCUT2D eigenvalue weighted by Crippen LogP contribution is 2.24. The summed E-state index contributed by atoms with van der Waals surface area (Å²) < 4.78 is 19.2. The second-order valence-corrected chi connectivity index (χ2v) is 5.63. The van der Waals surface area contributed by atoms with Gasteiger partial charge in [0, 0.05) is 19.6 Å². The minimum Gasteiger partial charge on any atom is -0.371 e. The Kier molecular flexibility index (Phi) is 4.49. The first-order valence-corrected chi connectivity index (χ1v) is 7.64. The van der Waals surface area contributed by atoms with E-state index in [2.05, 4.69) is 15.1 Å². The fourth-order valence-corrected chi connectivity index (χ4v) is 2.70. The van der Waals surface area contributed by atoms with Crippen LogP contribution in [0.25, 0.3) is 0 Å². The molecule has 0 radical (unpaired) electrons. The van der Waals surface area contributed by atoms with Gasteiger partial charge in [0.15, 0.2) is 0 Å². The number of ether oxygens (including phenoxy) is 1. The molecule has 118 valence electrons. The summed E-state index contributed by atoms with van der Waals surface area (Å²) in [6, 6.07) is 5.19. The van der Waals surface area contributed by atoms with Gasteiger partial charge in [-0.2, -0.15) is 15.0 Å². The van der Waals surface area contributed by atoms with Crippen molar-refractivity contribution in [3.63, 3.8) is 0 Å². The van der Waals surface area contributed by atoms with Gasteiger partial charge in [0.1, 0.15) is 5.82 Å². The number of morpholine rings is 1. The zero-order chi connectivity index (χ0) is 15.5. The van der Waals surface area contributed by atoms with Crippen LogP contribution in [0.3, 0.4) is 0 Å². The Morgan fingerprint density at radius 3 is 3.00 bits per heavy atom. The number of aryl methyl sites for hydroxylation is 2. The summed E-state index contributed by atoms with van der Waals surface area (Å²) in [6.07, 6.45) is 1.80. The Bertz CT molecular complexity index is 643. The highest BCUT2D eigenvalue weighted by molar-refractivity contribution is 5.26. The van der Waals surface area contributed by atoms with Crippen molar-refractivity contribution >= 4 is 0 Å². The predicted octanol–water partition coefficient (Wildman–Crippen LogP) is 2.32. The maximum atomic E-state index is 13.4. The van der Waals surface area contributed by atoms with E-state index in [1.165, 1.54) is 6.07 Å². The van der Waals surface area contributed by atoms with Crippen molar-refractivity contribution in [2.24, 2.45) is 0 Å². The molecular formula is C16H21FN4O. The molecule has 0 spiro atoms. The summed E-state index contributed by atoms with van der Waals surface area (Å²) in [5.74, 6) is -0.174. The molecule has 5 nitrogen and oxygen atoms in total. The number of benzene rings is 1. The average Bonchev–Trinajstić information content (AvgIpc) is 2.98. The standard InChI is InChI=1S/C16H21FN4O/c1-3-21-18-9-14(19-21)10-20-6-7-22-16(11-20)13-4-5-15(17)12(2)8-13/h4-5,8-9,16H,3,6-7,10-11H2,1-2H3. The summed E-state index contributed by atoms with van der Waals surface area (Å²) >= 11 is 0. The van der Waals surface area contributed by atoms with Gasteiger partial charge in [0.05, 0.1) is 31.1 Å². The fraction of sp³-hybridized carbons (Fsp3) is 0.500. The van der Waals surface area contributed by atoms with Gasteiger partial charge >= 0.3 is 0 Å². The molecule has 0 saturated carbocycles. The number of hydrogen-bond donors (Lipinski definition) is 0. The lowest BCUT2D eigenvalue weighted by Crippen LogP contribution is -2.38. The van der Waals surface area contributed by atoms with Crippen LogP contribution in [0.1, 0.15) is 29.8 Å². The minimum absolute atomic E-state index is 0.0192. The van der Waals surface area contributed by atoms with Crippen molar-refractivity contribution in [1.29, 1.82) is 0 Å². The molecule has 1 fully saturated rings. The van der Waals surface area contributed by atoms with E-state index >= 15 is 0 Å². The molecule has 0 N–H and O–H groups in total. The number of aromatic nitrogens is 3. The smallest absolute Gasteiger partial charge is 0.126 e. The molecule has 1 saturated heterocycles. The molecule has 0 aliphatic carbocycles. The van der Waals surface area contributed by atoms with Crippen LogP contribution in [-0.2, 0) is 17.8 Å². The molecule has 1 aromatic carbocycles. The van der Waals surface area contributed by atoms with Crippen molar-refractivity contribution in [2.75, 3.05) is 19.7 Å². The van der Waals surface area contributed by atoms with Crippen LogP contribution in [-0.4, -0.2) is 39.6 Å². The summed E-state index contributed by atoms with van der Waals surface area (Å²) in [5, 5.41) is 8.62. The lowest BCUT2D eigenvalue weighted by atomic mass is 10.0. The second-order valence-electron chi connectivity index (χ2n) is 5.63. The van der Waals surface area contributed by atoms with Gasteiger partial charge in [-0.3, -0.25) is 4.90 Å². The van der Waals surface area contributed by atoms with Crippen molar-refractivity contribution in [3.05, 3.63) is 47.0 Å². The summed E-state index contributed by atoms with van der Waals surface area (Å²) in [6.45, 7) is 7.66. The highest BCUT2D eigenvalue weighted by Gasteiger charge is 2.23. The molecule has 6 heteroatoms. The molecule has 22 heavy (non-hydrogen) atoms. The number of nitrogens with zero attached hydrogens (tertiary/aromatic N) is 4. The zero-order valence-corrected chi connectivity index (χ0v) is 13.0. The van der Waals surface area contributed by atoms with Crippen molar-refractivity contribution in [2.45, 2.75) is 33.0 Å². The van der Waals surface area contributed by atoms with E-state index in [0.717, 1.165) is 37.4 Å². The number of hydrogen-bond acceptors (Lipinski definition) is 4. The molecule has 3 rings (SSSR count). The first-order valence-electron chi connectivity index (χ1n) is 7.64. The first-order chi connectivity index (χ1) is 10.7. The lowest BCUT2D eigenvalue weighted by molar-refractivity contribution is -0.0333. The Labute approximate surface area is 129 Å². The minimum atomic E-state index is -0.174. The van der Waals surface area contributed by atoms with Gasteiger partial charge in [0.25, 0.3) is 0 Å². The first kappa shape index (κ1) is 15.1. The summed E-state index contributed by atoms with van der Waals surface area (Å²) in [5.41, 5.74) is 2.66. The van der Waals surface area contributed by atoms with Gasteiger partial charge in [0.2, 0.25) is 0 Å². The molecule has 1 atom stereocenters. The van der Waals surface area contributed by atoms with E-state index in [9.17, 15) is 4.39 Å². The Morgan fingerprint density at radius 2 is 2.27 bits per heavy atom. The molecule has 2 aromatic rings. The molecule has 1 aliphatic rings. The molecule has 2 heterocycles. The van der Waals surface area contributed by atoms with Crippen LogP contribution < -0.4 is 0 Å². The third-order valence-electron chi connectivity index (χ3n) is 3.96. The van der Waals surface area contributed by atoms with Crippen molar-refractivity contribution in [3.8, 4) is 0 Å². The monoisotopic (exact) mass is 304 g/mol. The van der Waals surface area contributed by atoms with E-state index in [1.54, 1.807) is 11.7 Å². The zero-order valence-electron chi connectivity index (χ0n) is 13.0. The molecule has 0 bridgehead atoms. The van der Waals surface area contributed by atoms with Crippen LogP contribution in [0, 0.1) is 12.7 Å². The average molecular weight is 304 g/mol. The third kappa shape index (κ3) is 3.34. The summed E-state index contributed by atoms with van der Waals surface area (Å²) in [7, 11) is 0. The predicted molar refractivity (Wildman–Crippen MR) is 80.8 cm³/mol. The van der Waals surface area contributed by atoms with Gasteiger partial charge in [-0.15, -0.1) is 0 Å². The molecule has 0 amide bonds. The highest BCUT2D eigenvalue weighted by atomic mass is 19.1. The van der Waals surface area contributed by atoms with Crippen LogP contribution >= 0.6 is 0 Å². The molecule has 1 aliphatic heterocycles. The van der Waals surface area contributed by atoms with Crippen molar-refractivity contribution < 1.29 is 9.13 Å². The quantitative estimate of drug-likeness (QED) is 0.869. The van der Waals surface area contributed by atoms with Crippen LogP contribution in [0.2, 0.25) is 0 Å². The summed E-state index contributed by atoms with van der Waals surface area (Å²) in [4.78, 5) is 3.99. The van der Waals surface area contributed by atoms with Gasteiger partial charge in [-0.1, -0.05) is 12.1 Å². The van der Waals surface area contributed by atoms with Crippen LogP contribution in [0.5, 0.6) is 0 Å². The lowest BCUT2D eigenvalue weighted by Gasteiger charge is -2.32. The number of rotatable bonds is 4. The third-order valence-corrected chi connectivity index (χ3v) is 3.96. The maximum Gasteiger partial charge on any atom is 0.126 e. The van der Waals surface area contributed by atoms with Gasteiger partial charge in [-0.05, 0) is 31.0 Å².